The molecule has 14 heteroatoms. The Morgan fingerprint density at radius 3 is 2.29 bits per heavy atom. The van der Waals surface area contributed by atoms with Crippen LogP contribution in [0.15, 0.2) is 90.1 Å². The van der Waals surface area contributed by atoms with Crippen LogP contribution in [0.5, 0.6) is 0 Å². The zero-order valence-electron chi connectivity index (χ0n) is 26.3. The number of anilines is 3. The molecule has 5 amide bonds. The average molecular weight is 619 g/mol. The van der Waals surface area contributed by atoms with E-state index in [1.54, 1.807) is 56.4 Å². The van der Waals surface area contributed by atoms with Gasteiger partial charge in [0, 0.05) is 61.9 Å². The minimum Gasteiger partial charge on any atom is -0.404 e. The molecule has 1 aromatic carbocycles. The van der Waals surface area contributed by atoms with Crippen molar-refractivity contribution in [1.29, 1.82) is 0 Å². The molecule has 0 aliphatic carbocycles. The second kappa shape index (κ2) is 18.2. The van der Waals surface area contributed by atoms with Crippen LogP contribution in [0, 0.1) is 0 Å². The smallest absolute Gasteiger partial charge is 0.324 e. The third-order valence-electron chi connectivity index (χ3n) is 6.06. The van der Waals surface area contributed by atoms with E-state index in [2.05, 4.69) is 43.1 Å². The Balaban J connectivity index is 2.07. The van der Waals surface area contributed by atoms with Gasteiger partial charge in [-0.3, -0.25) is 29.7 Å². The van der Waals surface area contributed by atoms with E-state index in [1.165, 1.54) is 23.4 Å². The average Bonchev–Trinajstić information content (AvgIpc) is 2.99. The number of carbonyl (C=O) groups is 4. The zero-order valence-corrected chi connectivity index (χ0v) is 26.3. The van der Waals surface area contributed by atoms with Crippen LogP contribution in [-0.4, -0.2) is 84.6 Å². The van der Waals surface area contributed by atoms with Crippen molar-refractivity contribution in [2.24, 2.45) is 10.7 Å². The van der Waals surface area contributed by atoms with Crippen LogP contribution in [-0.2, 0) is 14.4 Å². The molecule has 0 radical (unpaired) electrons. The lowest BCUT2D eigenvalue weighted by Crippen LogP contribution is -2.42. The molecule has 2 aromatic rings. The zero-order chi connectivity index (χ0) is 33.4. The predicted molar refractivity (Wildman–Crippen MR) is 177 cm³/mol. The summed E-state index contributed by atoms with van der Waals surface area (Å²) < 4.78 is 0. The lowest BCUT2D eigenvalue weighted by Gasteiger charge is -2.23. The molecule has 0 aliphatic heterocycles. The van der Waals surface area contributed by atoms with E-state index < -0.39 is 23.9 Å². The fraction of sp³-hybridized carbons (Fsp3) is 0.290. The third-order valence-corrected chi connectivity index (χ3v) is 6.06. The molecule has 2 rings (SSSR count). The summed E-state index contributed by atoms with van der Waals surface area (Å²) in [5.41, 5.74) is 7.12. The van der Waals surface area contributed by atoms with Gasteiger partial charge in [0.1, 0.15) is 17.7 Å². The number of hydrogen-bond donors (Lipinski definition) is 6. The van der Waals surface area contributed by atoms with E-state index in [0.717, 1.165) is 6.20 Å². The van der Waals surface area contributed by atoms with Gasteiger partial charge in [-0.1, -0.05) is 25.6 Å². The number of nitrogens with two attached hydrogens (primary N) is 1. The highest BCUT2D eigenvalue weighted by molar-refractivity contribution is 6.25. The van der Waals surface area contributed by atoms with Crippen molar-refractivity contribution in [3.8, 4) is 0 Å². The minimum absolute atomic E-state index is 0.00791. The summed E-state index contributed by atoms with van der Waals surface area (Å²) in [6.45, 7) is 8.29. The Morgan fingerprint density at radius 2 is 1.67 bits per heavy atom. The van der Waals surface area contributed by atoms with Crippen LogP contribution in [0.3, 0.4) is 0 Å². The molecule has 7 N–H and O–H groups in total. The second-order valence-corrected chi connectivity index (χ2v) is 10.0. The predicted octanol–water partition coefficient (Wildman–Crippen LogP) is 2.46. The highest BCUT2D eigenvalue weighted by Crippen LogP contribution is 2.17. The van der Waals surface area contributed by atoms with Gasteiger partial charge in [-0.25, -0.2) is 4.79 Å². The summed E-state index contributed by atoms with van der Waals surface area (Å²) in [6, 6.07) is 8.42. The first-order chi connectivity index (χ1) is 21.4. The number of benzene rings is 1. The number of amides is 5. The standard InChI is InChI=1S/C31H42N10O4/c1-7-15-34-28(35-22(3)36-31(45)39-23-13-16-33-17-14-23)26(20-32)30(44)38-25-11-8-10-24(19-25)37-29(43)21(2)41(6)27(42)12-9-18-40(4)5/h8-14,16-17,19-21H,3,7,15,18,32H2,1-2,4-6H3,(H,34,35)(H,37,43)(H,38,44)(H2,33,36,39,45)/b12-9+,26-20+/t21-/m0/s1. The van der Waals surface area contributed by atoms with Gasteiger partial charge in [0.05, 0.1) is 5.57 Å². The van der Waals surface area contributed by atoms with E-state index in [9.17, 15) is 19.2 Å². The lowest BCUT2D eigenvalue weighted by atomic mass is 10.2. The number of aliphatic imine (C=N–C) groups is 1. The van der Waals surface area contributed by atoms with Crippen molar-refractivity contribution in [3.05, 3.63) is 85.1 Å². The second-order valence-electron chi connectivity index (χ2n) is 10.0. The molecule has 0 saturated heterocycles. The molecule has 0 unspecified atom stereocenters. The van der Waals surface area contributed by atoms with Crippen molar-refractivity contribution < 1.29 is 19.2 Å². The Morgan fingerprint density at radius 1 is 1.00 bits per heavy atom. The van der Waals surface area contributed by atoms with E-state index in [0.29, 0.717) is 36.6 Å². The molecule has 240 valence electrons. The Bertz CT molecular complexity index is 1440. The molecular formula is C31H42N10O4. The quantitative estimate of drug-likeness (QED) is 0.106. The van der Waals surface area contributed by atoms with E-state index in [4.69, 9.17) is 5.73 Å². The van der Waals surface area contributed by atoms with Crippen LogP contribution in [0.2, 0.25) is 0 Å². The number of rotatable bonds is 14. The van der Waals surface area contributed by atoms with Crippen LogP contribution in [0.4, 0.5) is 21.9 Å². The maximum atomic E-state index is 13.3. The number of urea groups is 1. The van der Waals surface area contributed by atoms with Gasteiger partial charge < -0.3 is 36.8 Å². The molecule has 1 atom stereocenters. The fourth-order valence-electron chi connectivity index (χ4n) is 3.56. The molecular weight excluding hydrogens is 576 g/mol. The number of pyridine rings is 1. The summed E-state index contributed by atoms with van der Waals surface area (Å²) in [5, 5.41) is 13.5. The highest BCUT2D eigenvalue weighted by Gasteiger charge is 2.22. The van der Waals surface area contributed by atoms with Gasteiger partial charge >= 0.3 is 6.03 Å². The molecule has 0 aliphatic rings. The summed E-state index contributed by atoms with van der Waals surface area (Å²) in [6.07, 6.45) is 7.99. The van der Waals surface area contributed by atoms with Gasteiger partial charge in [0.2, 0.25) is 11.8 Å². The Hall–Kier alpha value is -5.50. The van der Waals surface area contributed by atoms with Gasteiger partial charge in [0.15, 0.2) is 0 Å². The number of carbonyl (C=O) groups excluding carboxylic acids is 4. The molecule has 1 aromatic heterocycles. The number of aromatic nitrogens is 1. The first kappa shape index (κ1) is 35.7. The highest BCUT2D eigenvalue weighted by atomic mass is 16.2. The first-order valence-electron chi connectivity index (χ1n) is 14.2. The number of likely N-dealkylation sites (N-methyl/N-ethyl adjacent to an activating group) is 2. The Kier molecular flexibility index (Phi) is 14.5. The summed E-state index contributed by atoms with van der Waals surface area (Å²) in [5.74, 6) is -1.16. The van der Waals surface area contributed by atoms with Gasteiger partial charge in [-0.05, 0) is 57.8 Å². The minimum atomic E-state index is -0.761. The monoisotopic (exact) mass is 618 g/mol. The molecule has 1 heterocycles. The van der Waals surface area contributed by atoms with E-state index in [-0.39, 0.29) is 23.1 Å². The van der Waals surface area contributed by atoms with Gasteiger partial charge in [-0.15, -0.1) is 0 Å². The number of hydrogen-bond acceptors (Lipinski definition) is 8. The Labute approximate surface area is 263 Å². The lowest BCUT2D eigenvalue weighted by molar-refractivity contribution is -0.132. The van der Waals surface area contributed by atoms with E-state index >= 15 is 0 Å². The summed E-state index contributed by atoms with van der Waals surface area (Å²) in [4.78, 5) is 62.5. The molecule has 0 spiro atoms. The number of nitrogens with zero attached hydrogens (tertiary/aromatic N) is 4. The SMILES string of the molecule is C=C(NC(=O)Nc1ccncc1)NC(=NCCC)/C(=C\N)C(=O)Nc1cccc(NC(=O)[C@H](C)N(C)C(=O)/C=C/CN(C)C)c1. The normalized spacial score (nSPS) is 12.3. The third kappa shape index (κ3) is 12.3. The van der Waals surface area contributed by atoms with Crippen LogP contribution < -0.4 is 32.3 Å². The molecule has 14 nitrogen and oxygen atoms in total. The fourth-order valence-corrected chi connectivity index (χ4v) is 3.56. The maximum Gasteiger partial charge on any atom is 0.324 e. The largest absolute Gasteiger partial charge is 0.404 e. The molecule has 0 bridgehead atoms. The summed E-state index contributed by atoms with van der Waals surface area (Å²) in [7, 11) is 5.32. The van der Waals surface area contributed by atoms with Gasteiger partial charge in [0.25, 0.3) is 5.91 Å². The number of amidine groups is 1. The molecule has 45 heavy (non-hydrogen) atoms. The topological polar surface area (TPSA) is 186 Å². The van der Waals surface area contributed by atoms with Gasteiger partial charge in [-0.2, -0.15) is 0 Å². The van der Waals surface area contributed by atoms with Crippen molar-refractivity contribution >= 4 is 46.7 Å². The molecule has 0 saturated carbocycles. The first-order valence-corrected chi connectivity index (χ1v) is 14.2. The van der Waals surface area contributed by atoms with Crippen LogP contribution in [0.1, 0.15) is 20.3 Å². The van der Waals surface area contributed by atoms with Crippen molar-refractivity contribution in [2.75, 3.05) is 50.2 Å². The maximum absolute atomic E-state index is 13.3. The van der Waals surface area contributed by atoms with Crippen LogP contribution >= 0.6 is 0 Å². The van der Waals surface area contributed by atoms with Crippen molar-refractivity contribution in [1.82, 2.24) is 25.4 Å². The van der Waals surface area contributed by atoms with Crippen molar-refractivity contribution in [2.45, 2.75) is 26.3 Å². The van der Waals surface area contributed by atoms with E-state index in [1.807, 2.05) is 25.9 Å². The summed E-state index contributed by atoms with van der Waals surface area (Å²) >= 11 is 0. The van der Waals surface area contributed by atoms with Crippen LogP contribution in [0.25, 0.3) is 0 Å². The van der Waals surface area contributed by atoms with Crippen molar-refractivity contribution in [3.63, 3.8) is 0 Å². The molecule has 0 fully saturated rings. The number of nitrogens with one attached hydrogen (secondary N) is 5.